The van der Waals surface area contributed by atoms with Crippen molar-refractivity contribution in [1.82, 2.24) is 19.9 Å². The van der Waals surface area contributed by atoms with E-state index in [0.29, 0.717) is 5.82 Å². The molecule has 0 atom stereocenters. The Kier molecular flexibility index (Phi) is 3.84. The van der Waals surface area contributed by atoms with Crippen molar-refractivity contribution in [2.75, 3.05) is 5.43 Å². The molecule has 2 aromatic heterocycles. The molecule has 2 aromatic rings. The van der Waals surface area contributed by atoms with E-state index < -0.39 is 0 Å². The number of hydrogen-bond acceptors (Lipinski definition) is 7. The molecule has 0 spiro atoms. The summed E-state index contributed by atoms with van der Waals surface area (Å²) in [5.74, 6) is 6.71. The lowest BCUT2D eigenvalue weighted by Gasteiger charge is -2.05. The quantitative estimate of drug-likeness (QED) is 0.478. The van der Waals surface area contributed by atoms with Gasteiger partial charge < -0.3 is 5.43 Å². The summed E-state index contributed by atoms with van der Waals surface area (Å²) in [5, 5.41) is 1.65. The number of nitrogen functional groups attached to an aromatic ring is 1. The molecule has 2 rings (SSSR count). The third-order valence-corrected chi connectivity index (χ3v) is 2.85. The van der Waals surface area contributed by atoms with Crippen LogP contribution in [0.4, 0.5) is 5.82 Å². The molecule has 0 amide bonds. The molecule has 0 aliphatic carbocycles. The maximum Gasteiger partial charge on any atom is 0.144 e. The minimum Gasteiger partial charge on any atom is -0.308 e. The Morgan fingerprint density at radius 3 is 2.88 bits per heavy atom. The molecular weight excluding hydrogens is 236 g/mol. The Morgan fingerprint density at radius 2 is 2.24 bits per heavy atom. The first-order valence-corrected chi connectivity index (χ1v) is 5.92. The van der Waals surface area contributed by atoms with Crippen molar-refractivity contribution < 1.29 is 0 Å². The normalized spacial score (nSPS) is 10.2. The van der Waals surface area contributed by atoms with E-state index in [1.54, 1.807) is 12.3 Å². The van der Waals surface area contributed by atoms with E-state index in [1.807, 2.05) is 13.0 Å². The molecule has 2 heterocycles. The van der Waals surface area contributed by atoms with E-state index in [9.17, 15) is 0 Å². The molecular formula is C10H12N6S. The average molecular weight is 248 g/mol. The zero-order valence-electron chi connectivity index (χ0n) is 9.29. The number of nitrogens with two attached hydrogens (primary N) is 1. The maximum absolute atomic E-state index is 5.36. The summed E-state index contributed by atoms with van der Waals surface area (Å²) >= 11 is 1.45. The molecule has 88 valence electrons. The highest BCUT2D eigenvalue weighted by Gasteiger charge is 2.05. The Balaban J connectivity index is 2.26. The third-order valence-electron chi connectivity index (χ3n) is 1.98. The van der Waals surface area contributed by atoms with Gasteiger partial charge in [-0.3, -0.25) is 0 Å². The van der Waals surface area contributed by atoms with Crippen LogP contribution in [0.2, 0.25) is 0 Å². The minimum atomic E-state index is 0.605. The van der Waals surface area contributed by atoms with Crippen LogP contribution in [0.5, 0.6) is 0 Å². The smallest absolute Gasteiger partial charge is 0.144 e. The van der Waals surface area contributed by atoms with Gasteiger partial charge in [-0.1, -0.05) is 6.92 Å². The lowest BCUT2D eigenvalue weighted by molar-refractivity contribution is 0.886. The molecule has 7 heteroatoms. The van der Waals surface area contributed by atoms with Gasteiger partial charge in [-0.2, -0.15) is 0 Å². The highest BCUT2D eigenvalue weighted by atomic mass is 32.2. The lowest BCUT2D eigenvalue weighted by Crippen LogP contribution is -2.10. The Bertz CT molecular complexity index is 467. The number of hydrogen-bond donors (Lipinski definition) is 2. The van der Waals surface area contributed by atoms with Gasteiger partial charge in [0.2, 0.25) is 0 Å². The van der Waals surface area contributed by atoms with E-state index in [1.165, 1.54) is 18.1 Å². The number of hydrazine groups is 1. The standard InChI is InChI=1S/C10H12N6S/c1-2-7-14-8(16-11)5-10(15-7)17-9-3-4-12-6-13-9/h3-6H,2,11H2,1H3,(H,14,15,16). The molecule has 6 nitrogen and oxygen atoms in total. The molecule has 0 aromatic carbocycles. The van der Waals surface area contributed by atoms with Gasteiger partial charge >= 0.3 is 0 Å². The Hall–Kier alpha value is -1.73. The SMILES string of the molecule is CCc1nc(NN)cc(Sc2ccncn2)n1. The van der Waals surface area contributed by atoms with Crippen molar-refractivity contribution in [2.45, 2.75) is 23.4 Å². The zero-order chi connectivity index (χ0) is 12.1. The number of nitrogens with one attached hydrogen (secondary N) is 1. The van der Waals surface area contributed by atoms with E-state index >= 15 is 0 Å². The molecule has 0 aliphatic rings. The van der Waals surface area contributed by atoms with Gasteiger partial charge in [0.05, 0.1) is 0 Å². The van der Waals surface area contributed by atoms with Crippen LogP contribution in [-0.4, -0.2) is 19.9 Å². The Morgan fingerprint density at radius 1 is 1.35 bits per heavy atom. The monoisotopic (exact) mass is 248 g/mol. The maximum atomic E-state index is 5.36. The molecule has 0 aliphatic heterocycles. The first-order valence-electron chi connectivity index (χ1n) is 5.10. The highest BCUT2D eigenvalue weighted by molar-refractivity contribution is 7.99. The molecule has 0 unspecified atom stereocenters. The van der Waals surface area contributed by atoms with Gasteiger partial charge in [-0.15, -0.1) is 0 Å². The predicted molar refractivity (Wildman–Crippen MR) is 65.4 cm³/mol. The van der Waals surface area contributed by atoms with Crippen LogP contribution in [0.1, 0.15) is 12.7 Å². The summed E-state index contributed by atoms with van der Waals surface area (Å²) in [4.78, 5) is 16.6. The Labute approximate surface area is 103 Å². The molecule has 3 N–H and O–H groups in total. The number of aryl methyl sites for hydroxylation is 1. The largest absolute Gasteiger partial charge is 0.308 e. The summed E-state index contributed by atoms with van der Waals surface area (Å²) in [5.41, 5.74) is 2.53. The predicted octanol–water partition coefficient (Wildman–Crippen LogP) is 1.27. The van der Waals surface area contributed by atoms with Crippen molar-refractivity contribution in [3.05, 3.63) is 30.5 Å². The summed E-state index contributed by atoms with van der Waals surface area (Å²) in [6.07, 6.45) is 3.96. The van der Waals surface area contributed by atoms with Gasteiger partial charge in [0.25, 0.3) is 0 Å². The number of aromatic nitrogens is 4. The first kappa shape index (κ1) is 11.7. The van der Waals surface area contributed by atoms with Crippen LogP contribution in [0.25, 0.3) is 0 Å². The van der Waals surface area contributed by atoms with Gasteiger partial charge in [0.1, 0.15) is 28.0 Å². The molecule has 0 saturated carbocycles. The van der Waals surface area contributed by atoms with Gasteiger partial charge in [-0.05, 0) is 17.8 Å². The fraction of sp³-hybridized carbons (Fsp3) is 0.200. The van der Waals surface area contributed by atoms with E-state index in [0.717, 1.165) is 22.3 Å². The fourth-order valence-electron chi connectivity index (χ4n) is 1.20. The van der Waals surface area contributed by atoms with E-state index in [-0.39, 0.29) is 0 Å². The second-order valence-corrected chi connectivity index (χ2v) is 4.20. The number of rotatable bonds is 4. The molecule has 0 fully saturated rings. The fourth-order valence-corrected chi connectivity index (χ4v) is 1.97. The van der Waals surface area contributed by atoms with Crippen molar-refractivity contribution in [3.8, 4) is 0 Å². The lowest BCUT2D eigenvalue weighted by atomic mass is 10.4. The molecule has 0 bridgehead atoms. The molecule has 0 saturated heterocycles. The van der Waals surface area contributed by atoms with Crippen molar-refractivity contribution in [2.24, 2.45) is 5.84 Å². The third kappa shape index (κ3) is 3.11. The second-order valence-electron chi connectivity index (χ2n) is 3.16. The van der Waals surface area contributed by atoms with Gasteiger partial charge in [-0.25, -0.2) is 25.8 Å². The topological polar surface area (TPSA) is 89.6 Å². The summed E-state index contributed by atoms with van der Waals surface area (Å²) < 4.78 is 0. The molecule has 0 radical (unpaired) electrons. The van der Waals surface area contributed by atoms with Gasteiger partial charge in [0, 0.05) is 18.7 Å². The highest BCUT2D eigenvalue weighted by Crippen LogP contribution is 2.24. The number of nitrogens with zero attached hydrogens (tertiary/aromatic N) is 4. The van der Waals surface area contributed by atoms with Crippen LogP contribution in [0.3, 0.4) is 0 Å². The van der Waals surface area contributed by atoms with Gasteiger partial charge in [0.15, 0.2) is 0 Å². The van der Waals surface area contributed by atoms with E-state index in [2.05, 4.69) is 25.4 Å². The summed E-state index contributed by atoms with van der Waals surface area (Å²) in [6, 6.07) is 3.61. The van der Waals surface area contributed by atoms with Crippen LogP contribution in [-0.2, 0) is 6.42 Å². The number of anilines is 1. The second kappa shape index (κ2) is 5.55. The average Bonchev–Trinajstić information content (AvgIpc) is 2.39. The summed E-state index contributed by atoms with van der Waals surface area (Å²) in [6.45, 7) is 1.99. The molecule has 17 heavy (non-hydrogen) atoms. The first-order chi connectivity index (χ1) is 8.31. The van der Waals surface area contributed by atoms with Crippen molar-refractivity contribution in [3.63, 3.8) is 0 Å². The summed E-state index contributed by atoms with van der Waals surface area (Å²) in [7, 11) is 0. The van der Waals surface area contributed by atoms with Crippen molar-refractivity contribution >= 4 is 17.6 Å². The van der Waals surface area contributed by atoms with Crippen LogP contribution >= 0.6 is 11.8 Å². The van der Waals surface area contributed by atoms with Crippen LogP contribution in [0, 0.1) is 0 Å². The van der Waals surface area contributed by atoms with Crippen LogP contribution in [0.15, 0.2) is 34.7 Å². The van der Waals surface area contributed by atoms with Crippen molar-refractivity contribution in [1.29, 1.82) is 0 Å². The van der Waals surface area contributed by atoms with Crippen LogP contribution < -0.4 is 11.3 Å². The zero-order valence-corrected chi connectivity index (χ0v) is 10.1. The minimum absolute atomic E-state index is 0.605. The van der Waals surface area contributed by atoms with E-state index in [4.69, 9.17) is 5.84 Å².